The van der Waals surface area contributed by atoms with Gasteiger partial charge in [0.25, 0.3) is 0 Å². The molecule has 5 nitrogen and oxygen atoms in total. The van der Waals surface area contributed by atoms with E-state index in [1.165, 1.54) is 0 Å². The van der Waals surface area contributed by atoms with E-state index < -0.39 is 0 Å². The van der Waals surface area contributed by atoms with E-state index in [9.17, 15) is 9.59 Å². The first-order valence-electron chi connectivity index (χ1n) is 6.53. The van der Waals surface area contributed by atoms with E-state index in [4.69, 9.17) is 0 Å². The Morgan fingerprint density at radius 2 is 2.15 bits per heavy atom. The van der Waals surface area contributed by atoms with Crippen LogP contribution >= 0.6 is 11.8 Å². The summed E-state index contributed by atoms with van der Waals surface area (Å²) in [7, 11) is 1.74. The zero-order valence-corrected chi connectivity index (χ0v) is 12.3. The maximum absolute atomic E-state index is 12.0. The fourth-order valence-electron chi connectivity index (χ4n) is 1.93. The van der Waals surface area contributed by atoms with Crippen molar-refractivity contribution in [1.29, 1.82) is 0 Å². The van der Waals surface area contributed by atoms with Gasteiger partial charge in [0.1, 0.15) is 0 Å². The van der Waals surface area contributed by atoms with Gasteiger partial charge in [-0.05, 0) is 5.56 Å². The summed E-state index contributed by atoms with van der Waals surface area (Å²) in [4.78, 5) is 25.3. The van der Waals surface area contributed by atoms with Crippen LogP contribution in [0.5, 0.6) is 0 Å². The van der Waals surface area contributed by atoms with Gasteiger partial charge < -0.3 is 10.2 Å². The van der Waals surface area contributed by atoms with E-state index in [0.29, 0.717) is 6.54 Å². The monoisotopic (exact) mass is 293 g/mol. The number of benzene rings is 1. The molecule has 1 saturated heterocycles. The van der Waals surface area contributed by atoms with Crippen LogP contribution in [0.4, 0.5) is 0 Å². The lowest BCUT2D eigenvalue weighted by Crippen LogP contribution is -2.46. The molecule has 0 aliphatic carbocycles. The molecule has 6 heteroatoms. The van der Waals surface area contributed by atoms with Crippen LogP contribution in [0.1, 0.15) is 5.56 Å². The lowest BCUT2D eigenvalue weighted by atomic mass is 10.2. The van der Waals surface area contributed by atoms with Crippen molar-refractivity contribution in [1.82, 2.24) is 15.5 Å². The van der Waals surface area contributed by atoms with Gasteiger partial charge in [-0.1, -0.05) is 30.3 Å². The Labute approximate surface area is 123 Å². The summed E-state index contributed by atoms with van der Waals surface area (Å²) in [6, 6.07) is 9.60. The van der Waals surface area contributed by atoms with Crippen LogP contribution in [0.3, 0.4) is 0 Å². The van der Waals surface area contributed by atoms with Gasteiger partial charge in [0.05, 0.1) is 12.6 Å². The number of likely N-dealkylation sites (N-methyl/N-ethyl adjacent to an activating group) is 1. The molecule has 1 heterocycles. The maximum Gasteiger partial charge on any atom is 0.242 e. The van der Waals surface area contributed by atoms with Crippen molar-refractivity contribution < 1.29 is 9.59 Å². The van der Waals surface area contributed by atoms with Crippen LogP contribution in [0.25, 0.3) is 0 Å². The van der Waals surface area contributed by atoms with Gasteiger partial charge in [-0.3, -0.25) is 14.9 Å². The molecule has 0 spiro atoms. The van der Waals surface area contributed by atoms with Crippen LogP contribution in [0, 0.1) is 0 Å². The zero-order valence-electron chi connectivity index (χ0n) is 11.5. The number of nitrogens with one attached hydrogen (secondary N) is 2. The number of hydrogen-bond acceptors (Lipinski definition) is 4. The molecule has 1 aromatic carbocycles. The van der Waals surface area contributed by atoms with Crippen molar-refractivity contribution in [3.05, 3.63) is 35.9 Å². The third kappa shape index (κ3) is 4.25. The van der Waals surface area contributed by atoms with Crippen LogP contribution in [-0.4, -0.2) is 48.0 Å². The van der Waals surface area contributed by atoms with E-state index in [2.05, 4.69) is 10.6 Å². The molecule has 1 atom stereocenters. The molecule has 1 aromatic rings. The molecular formula is C14H19N3O2S. The lowest BCUT2D eigenvalue weighted by molar-refractivity contribution is -0.132. The van der Waals surface area contributed by atoms with E-state index in [1.54, 1.807) is 23.7 Å². The van der Waals surface area contributed by atoms with Crippen molar-refractivity contribution in [2.75, 3.05) is 25.2 Å². The first-order valence-corrected chi connectivity index (χ1v) is 7.69. The minimum absolute atomic E-state index is 0.0466. The van der Waals surface area contributed by atoms with E-state index in [-0.39, 0.29) is 24.4 Å². The molecule has 2 rings (SSSR count). The summed E-state index contributed by atoms with van der Waals surface area (Å²) < 4.78 is 0. The average Bonchev–Trinajstić information content (AvgIpc) is 2.99. The molecule has 0 bridgehead atoms. The Bertz CT molecular complexity index is 461. The van der Waals surface area contributed by atoms with Crippen molar-refractivity contribution in [2.24, 2.45) is 0 Å². The van der Waals surface area contributed by atoms with Crippen molar-refractivity contribution in [3.8, 4) is 0 Å². The highest BCUT2D eigenvalue weighted by atomic mass is 32.2. The smallest absolute Gasteiger partial charge is 0.242 e. The predicted molar refractivity (Wildman–Crippen MR) is 80.2 cm³/mol. The lowest BCUT2D eigenvalue weighted by Gasteiger charge is -2.18. The molecule has 2 N–H and O–H groups in total. The Kier molecular flexibility index (Phi) is 5.43. The number of carbonyl (C=O) groups excluding carboxylic acids is 2. The molecule has 1 fully saturated rings. The minimum Gasteiger partial charge on any atom is -0.346 e. The molecule has 0 aromatic heterocycles. The number of thioether (sulfide) groups is 1. The number of carbonyl (C=O) groups is 2. The molecule has 108 valence electrons. The number of nitrogens with zero attached hydrogens (tertiary/aromatic N) is 1. The third-order valence-electron chi connectivity index (χ3n) is 3.13. The standard InChI is InChI=1S/C14H19N3O2S/c1-17(8-11-5-3-2-4-6-11)13(18)7-15-14(19)12-9-20-10-16-12/h2-6,12,16H,7-10H2,1H3,(H,15,19). The SMILES string of the molecule is CN(Cc1ccccc1)C(=O)CNC(=O)C1CSCN1. The quantitative estimate of drug-likeness (QED) is 0.826. The van der Waals surface area contributed by atoms with Crippen LogP contribution in [0.2, 0.25) is 0 Å². The predicted octanol–water partition coefficient (Wildman–Crippen LogP) is 0.424. The maximum atomic E-state index is 12.0. The van der Waals surface area contributed by atoms with Crippen molar-refractivity contribution >= 4 is 23.6 Å². The normalized spacial score (nSPS) is 17.8. The Morgan fingerprint density at radius 1 is 1.40 bits per heavy atom. The van der Waals surface area contributed by atoms with Gasteiger partial charge in [-0.2, -0.15) is 0 Å². The Morgan fingerprint density at radius 3 is 2.80 bits per heavy atom. The summed E-state index contributed by atoms with van der Waals surface area (Å²) >= 11 is 1.69. The van der Waals surface area contributed by atoms with E-state index >= 15 is 0 Å². The highest BCUT2D eigenvalue weighted by Crippen LogP contribution is 2.09. The van der Waals surface area contributed by atoms with Crippen LogP contribution < -0.4 is 10.6 Å². The molecule has 0 radical (unpaired) electrons. The van der Waals surface area contributed by atoms with Crippen LogP contribution in [0.15, 0.2) is 30.3 Å². The highest BCUT2D eigenvalue weighted by Gasteiger charge is 2.23. The second-order valence-corrected chi connectivity index (χ2v) is 5.76. The molecule has 20 heavy (non-hydrogen) atoms. The van der Waals surface area contributed by atoms with Gasteiger partial charge in [-0.25, -0.2) is 0 Å². The average molecular weight is 293 g/mol. The van der Waals surface area contributed by atoms with E-state index in [1.807, 2.05) is 30.3 Å². The van der Waals surface area contributed by atoms with Gasteiger partial charge in [0.2, 0.25) is 11.8 Å². The van der Waals surface area contributed by atoms with Crippen LogP contribution in [-0.2, 0) is 16.1 Å². The number of amides is 2. The zero-order chi connectivity index (χ0) is 14.4. The second-order valence-electron chi connectivity index (χ2n) is 4.73. The highest BCUT2D eigenvalue weighted by molar-refractivity contribution is 7.99. The Hall–Kier alpha value is -1.53. The number of rotatable bonds is 5. The van der Waals surface area contributed by atoms with Crippen molar-refractivity contribution in [2.45, 2.75) is 12.6 Å². The van der Waals surface area contributed by atoms with Gasteiger partial charge in [0.15, 0.2) is 0 Å². The van der Waals surface area contributed by atoms with Crippen molar-refractivity contribution in [3.63, 3.8) is 0 Å². The molecule has 2 amide bonds. The first-order chi connectivity index (χ1) is 9.66. The van der Waals surface area contributed by atoms with E-state index in [0.717, 1.165) is 17.2 Å². The fraction of sp³-hybridized carbons (Fsp3) is 0.429. The molecule has 1 aliphatic rings. The topological polar surface area (TPSA) is 61.4 Å². The summed E-state index contributed by atoms with van der Waals surface area (Å²) in [5.41, 5.74) is 1.07. The summed E-state index contributed by atoms with van der Waals surface area (Å²) in [5, 5.41) is 5.76. The Balaban J connectivity index is 1.75. The van der Waals surface area contributed by atoms with Gasteiger partial charge >= 0.3 is 0 Å². The summed E-state index contributed by atoms with van der Waals surface area (Å²) in [6.07, 6.45) is 0. The fourth-order valence-corrected chi connectivity index (χ4v) is 2.87. The van der Waals surface area contributed by atoms with Gasteiger partial charge in [-0.15, -0.1) is 11.8 Å². The molecule has 1 aliphatic heterocycles. The molecule has 1 unspecified atom stereocenters. The summed E-state index contributed by atoms with van der Waals surface area (Å²) in [5.74, 6) is 1.36. The first kappa shape index (κ1) is 14.9. The molecule has 0 saturated carbocycles. The second kappa shape index (κ2) is 7.31. The largest absolute Gasteiger partial charge is 0.346 e. The van der Waals surface area contributed by atoms with Gasteiger partial charge in [0, 0.05) is 25.2 Å². The third-order valence-corrected chi connectivity index (χ3v) is 4.07. The molecular weight excluding hydrogens is 274 g/mol. The summed E-state index contributed by atoms with van der Waals surface area (Å²) in [6.45, 7) is 0.595. The number of hydrogen-bond donors (Lipinski definition) is 2. The minimum atomic E-state index is -0.174.